The average molecular weight is 1710 g/mol. The summed E-state index contributed by atoms with van der Waals surface area (Å²) in [6.45, 7) is 36.4. The predicted octanol–water partition coefficient (Wildman–Crippen LogP) is 1.60. The number of carbonyl (C=O) groups excluding carboxylic acids is 3. The highest BCUT2D eigenvalue weighted by Crippen LogP contribution is 2.47. The molecule has 32 nitrogen and oxygen atoms in total. The first-order chi connectivity index (χ1) is 52.8. The largest absolute Gasteiger partial charge is 0.388 e. The number of H-pyrrole nitrogens is 2. The summed E-state index contributed by atoms with van der Waals surface area (Å²) < 4.78 is 31.6. The van der Waals surface area contributed by atoms with Gasteiger partial charge in [0.15, 0.2) is 31.1 Å². The van der Waals surface area contributed by atoms with Gasteiger partial charge in [0.2, 0.25) is 0 Å². The lowest BCUT2D eigenvalue weighted by Crippen LogP contribution is -2.53. The molecule has 3 amide bonds. The number of hydrogen-bond donors (Lipinski definition) is 15. The van der Waals surface area contributed by atoms with Crippen LogP contribution in [0.25, 0.3) is 0 Å². The summed E-state index contributed by atoms with van der Waals surface area (Å²) >= 11 is 0. The summed E-state index contributed by atoms with van der Waals surface area (Å²) in [6, 6.07) is 0. The SMILES string of the molecule is C=C1NC(=O)C=CN1C1O[C@H](CCP(=C)(C)C)[C@@H](O)[C@@]1(C)O.C=C1NC(=O)C=CN1C1O[C@H](CCP(=C)(C)C)[C@@H](O)[C@]1(C)O.C=C1NC(=O)C=CN1C1O[C@](C)(CCP(=C)(C)C)[C@@H](O)[C@H]1O.C=CCCc1cn([C@@H]2O[C@H](CCP(=C)(C)C)[C@@H](O)[C@H]2O)c(=O)[nH]c1=O.C=P(C)(C)CC[C@H]1O[C@@H](n2cc(CCC)c(=O)[nH]c2=O)[C@H](O)[C@@H]1O. The Morgan fingerprint density at radius 3 is 1.10 bits per heavy atom. The molecule has 0 bridgehead atoms. The number of nitrogens with zero attached hydrogens (tertiary/aromatic N) is 5. The molecule has 3 unspecified atom stereocenters. The van der Waals surface area contributed by atoms with Gasteiger partial charge in [0, 0.05) is 60.3 Å². The van der Waals surface area contributed by atoms with Gasteiger partial charge in [0.25, 0.3) is 28.8 Å². The summed E-state index contributed by atoms with van der Waals surface area (Å²) in [6.07, 6.45) is 28.0. The number of aromatic nitrogens is 4. The summed E-state index contributed by atoms with van der Waals surface area (Å²) in [5.41, 5.74) is -5.14. The fourth-order valence-corrected chi connectivity index (χ4v) is 18.4. The van der Waals surface area contributed by atoms with Crippen molar-refractivity contribution in [2.24, 2.45) is 0 Å². The van der Waals surface area contributed by atoms with Gasteiger partial charge in [-0.2, -0.15) is 0 Å². The van der Waals surface area contributed by atoms with Crippen LogP contribution in [0.2, 0.25) is 0 Å². The Morgan fingerprint density at radius 2 is 0.783 bits per heavy atom. The van der Waals surface area contributed by atoms with E-state index in [0.717, 1.165) is 41.8 Å². The van der Waals surface area contributed by atoms with E-state index < -0.39 is 178 Å². The number of amides is 3. The number of aliphatic hydroxyl groups is 10. The molecule has 0 radical (unpaired) electrons. The number of nitrogens with one attached hydrogen (secondary N) is 5. The highest BCUT2D eigenvalue weighted by molar-refractivity contribution is 7.73. The van der Waals surface area contributed by atoms with Crippen LogP contribution in [0.1, 0.15) is 96.2 Å². The van der Waals surface area contributed by atoms with Crippen LogP contribution in [-0.4, -0.2) is 340 Å². The van der Waals surface area contributed by atoms with Crippen LogP contribution in [0.4, 0.5) is 0 Å². The lowest BCUT2D eigenvalue weighted by atomic mass is 9.94. The monoisotopic (exact) mass is 1710 g/mol. The molecule has 20 atom stereocenters. The van der Waals surface area contributed by atoms with Crippen molar-refractivity contribution in [2.45, 2.75) is 207 Å². The van der Waals surface area contributed by atoms with Crippen LogP contribution in [-0.2, 0) is 50.9 Å². The van der Waals surface area contributed by atoms with Crippen LogP contribution >= 0.6 is 34.4 Å². The Kier molecular flexibility index (Phi) is 33.8. The van der Waals surface area contributed by atoms with Gasteiger partial charge in [0.1, 0.15) is 77.5 Å². The molecule has 5 saturated heterocycles. The van der Waals surface area contributed by atoms with E-state index in [2.05, 4.69) is 150 Å². The standard InChI is InChI=1S/C17H27N2O5P.C16H27N2O5P.3C15H25N2O4P/c1-5-6-7-11-10-19(17(23)18-15(11)22)16-14(21)13(20)12(24-16)8-9-25(2,3)4;1-5-6-10-9-18(16(22)17-14(10)21)15-13(20)12(19)11(23-15)7-8-24(2,3)4;2*1-10-16-12(18)6-8-17(10)14-15(2,20)13(19)11(21-14)7-9-22(3,4)5;1-10-16-11(18)6-8-17(10)14-12(19)13(20)15(2,21-14)7-9-22(3,4)5/h5,10,12-14,16,20-21H,1-2,6-9H2,3-4H3,(H,18,22,23);9,11-13,15,19-20H,2,5-8H2,1,3-4H3,(H,17,21,22);2*6,8,11,13-14,19-20H,1,3,7,9H2,2,4-5H3,(H,16,18);6,8,12-14,19-20H,1,3,7,9H2,2,4-5H3,(H,16,18)/t12-,13-,14-,16-;11-,12-,13-,15-;11-,13-,14?,15+;11-,13-,14?,15-;12-,13+,14?,15-/m11111/s1. The highest BCUT2D eigenvalue weighted by Gasteiger charge is 2.57. The number of aromatic amines is 2. The van der Waals surface area contributed by atoms with Crippen molar-refractivity contribution < 1.29 is 89.1 Å². The van der Waals surface area contributed by atoms with E-state index >= 15 is 0 Å². The Bertz CT molecular complexity index is 4350. The Morgan fingerprint density at radius 1 is 0.452 bits per heavy atom. The zero-order valence-electron chi connectivity index (χ0n) is 69.1. The first kappa shape index (κ1) is 98.1. The maximum atomic E-state index is 12.1. The molecule has 5 fully saturated rings. The van der Waals surface area contributed by atoms with E-state index in [1.165, 1.54) is 82.3 Å². The van der Waals surface area contributed by atoms with Crippen LogP contribution in [0, 0.1) is 0 Å². The summed E-state index contributed by atoms with van der Waals surface area (Å²) in [7, 11) is 0. The summed E-state index contributed by atoms with van der Waals surface area (Å²) in [5, 5.41) is 112. The van der Waals surface area contributed by atoms with Crippen molar-refractivity contribution in [3.05, 3.63) is 152 Å². The molecule has 8 aliphatic heterocycles. The topological polar surface area (TPSA) is 455 Å². The smallest absolute Gasteiger partial charge is 0.330 e. The average Bonchev–Trinajstić information content (AvgIpc) is 1.35. The number of carbonyl (C=O) groups is 3. The van der Waals surface area contributed by atoms with Crippen molar-refractivity contribution in [3.63, 3.8) is 0 Å². The molecule has 115 heavy (non-hydrogen) atoms. The van der Waals surface area contributed by atoms with Crippen molar-refractivity contribution in [3.8, 4) is 0 Å². The molecule has 0 saturated carbocycles. The minimum atomic E-state index is -1.47. The third-order valence-electron chi connectivity index (χ3n) is 20.5. The number of rotatable bonds is 25. The molecule has 10 heterocycles. The van der Waals surface area contributed by atoms with Crippen LogP contribution in [0.15, 0.2) is 118 Å². The van der Waals surface area contributed by atoms with Crippen molar-refractivity contribution >= 4 is 83.6 Å². The number of aliphatic hydroxyl groups excluding tert-OH is 8. The predicted molar refractivity (Wildman–Crippen MR) is 465 cm³/mol. The second-order valence-electron chi connectivity index (χ2n) is 34.6. The van der Waals surface area contributed by atoms with Gasteiger partial charge in [-0.05, 0) is 170 Å². The molecular weight excluding hydrogens is 1580 g/mol. The molecule has 10 rings (SSSR count). The fraction of sp³-hybridized carbons (Fsp3) is 0.615. The number of aryl methyl sites for hydroxylation is 2. The van der Waals surface area contributed by atoms with Crippen LogP contribution in [0.3, 0.4) is 0 Å². The molecule has 2 aromatic heterocycles. The second-order valence-corrected chi connectivity index (χ2v) is 56.2. The van der Waals surface area contributed by atoms with Crippen LogP contribution in [0.5, 0.6) is 0 Å². The fourth-order valence-electron chi connectivity index (χ4n) is 13.6. The summed E-state index contributed by atoms with van der Waals surface area (Å²) in [4.78, 5) is 90.9. The van der Waals surface area contributed by atoms with E-state index in [1.807, 2.05) is 6.92 Å². The minimum absolute atomic E-state index is 0.277. The highest BCUT2D eigenvalue weighted by atomic mass is 31.2. The van der Waals surface area contributed by atoms with Crippen molar-refractivity contribution in [1.29, 1.82) is 0 Å². The summed E-state index contributed by atoms with van der Waals surface area (Å²) in [5.74, 6) is 0.115. The van der Waals surface area contributed by atoms with Gasteiger partial charge in [-0.1, -0.05) is 39.2 Å². The molecule has 37 heteroatoms. The zero-order valence-corrected chi connectivity index (χ0v) is 73.6. The number of ether oxygens (including phenoxy) is 5. The molecule has 0 aromatic carbocycles. The molecule has 0 spiro atoms. The molecule has 8 aliphatic rings. The van der Waals surface area contributed by atoms with Crippen LogP contribution < -0.4 is 38.4 Å². The molecule has 0 aliphatic carbocycles. The third-order valence-corrected chi connectivity index (χ3v) is 27.9. The quantitative estimate of drug-likeness (QED) is 0.0496. The van der Waals surface area contributed by atoms with Crippen molar-refractivity contribution in [2.75, 3.05) is 97.5 Å². The van der Waals surface area contributed by atoms with Gasteiger partial charge in [0.05, 0.1) is 30.0 Å². The first-order valence-electron chi connectivity index (χ1n) is 38.1. The number of allylic oxidation sites excluding steroid dienone is 1. The molecule has 2 aromatic rings. The Hall–Kier alpha value is -5.75. The number of hydrogen-bond acceptors (Lipinski definition) is 25. The van der Waals surface area contributed by atoms with E-state index in [-0.39, 0.29) is 17.7 Å². The molecule has 648 valence electrons. The lowest BCUT2D eigenvalue weighted by molar-refractivity contribution is -0.124. The van der Waals surface area contributed by atoms with Gasteiger partial charge in [-0.15, -0.1) is 72.5 Å². The third kappa shape index (κ3) is 26.6. The first-order valence-corrected chi connectivity index (χ1v) is 53.4. The van der Waals surface area contributed by atoms with Crippen molar-refractivity contribution in [1.82, 2.24) is 49.8 Å². The van der Waals surface area contributed by atoms with Gasteiger partial charge >= 0.3 is 11.4 Å². The maximum absolute atomic E-state index is 12.1. The minimum Gasteiger partial charge on any atom is -0.388 e. The Balaban J connectivity index is 0.000000224. The van der Waals surface area contributed by atoms with Gasteiger partial charge in [-0.3, -0.25) is 43.1 Å². The molecule has 15 N–H and O–H groups in total. The van der Waals surface area contributed by atoms with Gasteiger partial charge in [-0.25, -0.2) is 9.59 Å². The van der Waals surface area contributed by atoms with E-state index in [4.69, 9.17) is 23.7 Å². The molecular formula is C78H129N10O22P5. The Labute approximate surface area is 675 Å². The second kappa shape index (κ2) is 39.6. The maximum Gasteiger partial charge on any atom is 0.330 e. The van der Waals surface area contributed by atoms with Gasteiger partial charge < -0.3 is 105 Å². The van der Waals surface area contributed by atoms with E-state index in [1.54, 1.807) is 13.0 Å². The normalized spacial score (nSPS) is 32.1. The van der Waals surface area contributed by atoms with E-state index in [9.17, 15) is 84.6 Å². The van der Waals surface area contributed by atoms with E-state index in [0.29, 0.717) is 80.0 Å². The zero-order chi connectivity index (χ0) is 87.0. The lowest BCUT2D eigenvalue weighted by Gasteiger charge is -2.37.